The highest BCUT2D eigenvalue weighted by molar-refractivity contribution is 5.05. The van der Waals surface area contributed by atoms with E-state index in [1.54, 1.807) is 0 Å². The van der Waals surface area contributed by atoms with E-state index in [4.69, 9.17) is 9.47 Å². The summed E-state index contributed by atoms with van der Waals surface area (Å²) in [6.45, 7) is 13.6. The standard InChI is InChI=1S/C10H16O2.2C2H6/c1-3-4-5-6-9(2)11-7-10-8-12-10;2*1-2/h4-6,10H,3,7-8H2,1-2H3;2*1-2H3/b5-4-,9-6+;;. The lowest BCUT2D eigenvalue weighted by Gasteiger charge is -2.01. The third-order valence-electron chi connectivity index (χ3n) is 1.60. The molecular formula is C14H28O2. The molecule has 1 heterocycles. The van der Waals surface area contributed by atoms with Gasteiger partial charge in [-0.1, -0.05) is 46.8 Å². The van der Waals surface area contributed by atoms with Crippen LogP contribution in [0.3, 0.4) is 0 Å². The predicted octanol–water partition coefficient (Wildman–Crippen LogP) is 4.32. The molecule has 0 spiro atoms. The lowest BCUT2D eigenvalue weighted by molar-refractivity contribution is 0.185. The molecule has 0 N–H and O–H groups in total. The fraction of sp³-hybridized carbons (Fsp3) is 0.714. The number of rotatable bonds is 5. The van der Waals surface area contributed by atoms with E-state index in [-0.39, 0.29) is 0 Å². The number of allylic oxidation sites excluding steroid dienone is 4. The van der Waals surface area contributed by atoms with E-state index in [9.17, 15) is 0 Å². The topological polar surface area (TPSA) is 21.8 Å². The Labute approximate surface area is 101 Å². The smallest absolute Gasteiger partial charge is 0.116 e. The Hall–Kier alpha value is -0.760. The van der Waals surface area contributed by atoms with Crippen LogP contribution in [0.25, 0.3) is 0 Å². The molecule has 1 rings (SSSR count). The molecule has 0 bridgehead atoms. The molecule has 1 unspecified atom stereocenters. The monoisotopic (exact) mass is 228 g/mol. The highest BCUT2D eigenvalue weighted by Gasteiger charge is 2.22. The second-order valence-electron chi connectivity index (χ2n) is 2.88. The lowest BCUT2D eigenvalue weighted by atomic mass is 10.4. The van der Waals surface area contributed by atoms with Gasteiger partial charge in [0.15, 0.2) is 0 Å². The molecule has 16 heavy (non-hydrogen) atoms. The normalized spacial score (nSPS) is 18.1. The molecule has 1 atom stereocenters. The van der Waals surface area contributed by atoms with Gasteiger partial charge in [-0.3, -0.25) is 0 Å². The first-order valence-corrected chi connectivity index (χ1v) is 6.40. The second-order valence-corrected chi connectivity index (χ2v) is 2.88. The van der Waals surface area contributed by atoms with Crippen molar-refractivity contribution in [3.63, 3.8) is 0 Å². The van der Waals surface area contributed by atoms with Crippen LogP contribution in [0.4, 0.5) is 0 Å². The molecule has 0 aromatic heterocycles. The van der Waals surface area contributed by atoms with Gasteiger partial charge in [-0.2, -0.15) is 0 Å². The van der Waals surface area contributed by atoms with Crippen molar-refractivity contribution in [2.45, 2.75) is 54.1 Å². The van der Waals surface area contributed by atoms with E-state index in [0.717, 1.165) is 18.8 Å². The summed E-state index contributed by atoms with van der Waals surface area (Å²) in [5, 5.41) is 0. The Balaban J connectivity index is 0. The van der Waals surface area contributed by atoms with Crippen molar-refractivity contribution in [2.24, 2.45) is 0 Å². The summed E-state index contributed by atoms with van der Waals surface area (Å²) >= 11 is 0. The van der Waals surface area contributed by atoms with Crippen LogP contribution in [-0.2, 0) is 9.47 Å². The first-order valence-electron chi connectivity index (χ1n) is 6.40. The Morgan fingerprint density at radius 3 is 2.31 bits per heavy atom. The predicted molar refractivity (Wildman–Crippen MR) is 71.6 cm³/mol. The van der Waals surface area contributed by atoms with Crippen LogP contribution < -0.4 is 0 Å². The summed E-state index contributed by atoms with van der Waals surface area (Å²) in [6.07, 6.45) is 7.51. The highest BCUT2D eigenvalue weighted by atomic mass is 16.6. The molecule has 96 valence electrons. The second kappa shape index (κ2) is 14.2. The maximum Gasteiger partial charge on any atom is 0.116 e. The van der Waals surface area contributed by atoms with Crippen LogP contribution >= 0.6 is 0 Å². The van der Waals surface area contributed by atoms with Crippen molar-refractivity contribution < 1.29 is 9.47 Å². The highest BCUT2D eigenvalue weighted by Crippen LogP contribution is 2.10. The Kier molecular flexibility index (Phi) is 15.7. The molecule has 0 radical (unpaired) electrons. The summed E-state index contributed by atoms with van der Waals surface area (Å²) in [4.78, 5) is 0. The quantitative estimate of drug-likeness (QED) is 0.397. The fourth-order valence-corrected chi connectivity index (χ4v) is 0.776. The molecule has 1 fully saturated rings. The van der Waals surface area contributed by atoms with Crippen LogP contribution in [0, 0.1) is 0 Å². The van der Waals surface area contributed by atoms with Crippen molar-refractivity contribution in [1.29, 1.82) is 0 Å². The van der Waals surface area contributed by atoms with Gasteiger partial charge < -0.3 is 9.47 Å². The molecule has 0 aromatic rings. The minimum atomic E-state index is 0.350. The molecule has 2 heteroatoms. The SMILES string of the molecule is CC.CC.CC/C=C\C=C(/C)OCC1CO1. The first kappa shape index (κ1) is 17.6. The summed E-state index contributed by atoms with van der Waals surface area (Å²) in [6, 6.07) is 0. The zero-order valence-electron chi connectivity index (χ0n) is 11.7. The van der Waals surface area contributed by atoms with Crippen molar-refractivity contribution in [2.75, 3.05) is 13.2 Å². The third-order valence-corrected chi connectivity index (χ3v) is 1.60. The van der Waals surface area contributed by atoms with Crippen molar-refractivity contribution >= 4 is 0 Å². The molecule has 0 amide bonds. The van der Waals surface area contributed by atoms with Crippen molar-refractivity contribution in [3.8, 4) is 0 Å². The molecule has 2 nitrogen and oxygen atoms in total. The Morgan fingerprint density at radius 1 is 1.31 bits per heavy atom. The molecule has 0 aliphatic carbocycles. The van der Waals surface area contributed by atoms with Gasteiger partial charge in [0.25, 0.3) is 0 Å². The largest absolute Gasteiger partial charge is 0.495 e. The summed E-state index contributed by atoms with van der Waals surface area (Å²) in [5.74, 6) is 0.954. The van der Waals surface area contributed by atoms with Gasteiger partial charge >= 0.3 is 0 Å². The van der Waals surface area contributed by atoms with E-state index in [1.807, 2.05) is 46.8 Å². The minimum absolute atomic E-state index is 0.350. The van der Waals surface area contributed by atoms with Crippen LogP contribution in [0.2, 0.25) is 0 Å². The van der Waals surface area contributed by atoms with Crippen molar-refractivity contribution in [3.05, 3.63) is 24.0 Å². The molecular weight excluding hydrogens is 200 g/mol. The first-order chi connectivity index (χ1) is 7.83. The van der Waals surface area contributed by atoms with E-state index in [1.165, 1.54) is 0 Å². The van der Waals surface area contributed by atoms with Gasteiger partial charge in [0.2, 0.25) is 0 Å². The number of ether oxygens (including phenoxy) is 2. The van der Waals surface area contributed by atoms with Crippen molar-refractivity contribution in [1.82, 2.24) is 0 Å². The van der Waals surface area contributed by atoms with Gasteiger partial charge in [-0.15, -0.1) is 0 Å². The average Bonchev–Trinajstić information content (AvgIpc) is 3.16. The van der Waals surface area contributed by atoms with Crippen LogP contribution in [0.1, 0.15) is 48.0 Å². The van der Waals surface area contributed by atoms with Crippen LogP contribution in [0.5, 0.6) is 0 Å². The maximum atomic E-state index is 5.40. The zero-order valence-corrected chi connectivity index (χ0v) is 11.7. The molecule has 1 aliphatic rings. The summed E-state index contributed by atoms with van der Waals surface area (Å²) < 4.78 is 10.4. The molecule has 1 saturated heterocycles. The van der Waals surface area contributed by atoms with Crippen LogP contribution in [0.15, 0.2) is 24.0 Å². The van der Waals surface area contributed by atoms with E-state index >= 15 is 0 Å². The van der Waals surface area contributed by atoms with E-state index in [2.05, 4.69) is 13.0 Å². The average molecular weight is 228 g/mol. The van der Waals surface area contributed by atoms with E-state index < -0.39 is 0 Å². The maximum absolute atomic E-state index is 5.40. The van der Waals surface area contributed by atoms with E-state index in [0.29, 0.717) is 12.7 Å². The van der Waals surface area contributed by atoms with Crippen LogP contribution in [-0.4, -0.2) is 19.3 Å². The number of hydrogen-bond acceptors (Lipinski definition) is 2. The Morgan fingerprint density at radius 2 is 1.88 bits per heavy atom. The lowest BCUT2D eigenvalue weighted by Crippen LogP contribution is -1.98. The summed E-state index contributed by atoms with van der Waals surface area (Å²) in [7, 11) is 0. The molecule has 1 aliphatic heterocycles. The zero-order chi connectivity index (χ0) is 12.8. The van der Waals surface area contributed by atoms with Gasteiger partial charge in [-0.25, -0.2) is 0 Å². The third kappa shape index (κ3) is 13.2. The number of hydrogen-bond donors (Lipinski definition) is 0. The minimum Gasteiger partial charge on any atom is -0.495 e. The van der Waals surface area contributed by atoms with Gasteiger partial charge in [0.1, 0.15) is 12.7 Å². The number of epoxide rings is 1. The van der Waals surface area contributed by atoms with Gasteiger partial charge in [0, 0.05) is 0 Å². The fourth-order valence-electron chi connectivity index (χ4n) is 0.776. The Bertz CT molecular complexity index is 179. The molecule has 0 saturated carbocycles. The van der Waals surface area contributed by atoms with Gasteiger partial charge in [0.05, 0.1) is 12.4 Å². The molecule has 0 aromatic carbocycles. The van der Waals surface area contributed by atoms with Gasteiger partial charge in [-0.05, 0) is 19.4 Å². The summed E-state index contributed by atoms with van der Waals surface area (Å²) in [5.41, 5.74) is 0.